The van der Waals surface area contributed by atoms with Crippen molar-refractivity contribution < 1.29 is 4.39 Å². The van der Waals surface area contributed by atoms with Gasteiger partial charge in [-0.25, -0.2) is 4.39 Å². The summed E-state index contributed by atoms with van der Waals surface area (Å²) in [5.41, 5.74) is 4.07. The lowest BCUT2D eigenvalue weighted by Gasteiger charge is -2.13. The van der Waals surface area contributed by atoms with E-state index in [1.807, 2.05) is 12.1 Å². The molecule has 1 atom stereocenters. The highest BCUT2D eigenvalue weighted by Crippen LogP contribution is 2.34. The third-order valence-electron chi connectivity index (χ3n) is 3.06. The molecule has 0 saturated heterocycles. The number of benzene rings is 2. The van der Waals surface area contributed by atoms with Gasteiger partial charge in [0.05, 0.1) is 4.83 Å². The summed E-state index contributed by atoms with van der Waals surface area (Å²) < 4.78 is 13.9. The number of aryl methyl sites for hydroxylation is 2. The normalized spacial score (nSPS) is 12.5. The zero-order chi connectivity index (χ0) is 13.3. The molecule has 0 heterocycles. The van der Waals surface area contributed by atoms with Crippen molar-refractivity contribution in [2.45, 2.75) is 18.7 Å². The number of hydrogen-bond acceptors (Lipinski definition) is 0. The highest BCUT2D eigenvalue weighted by molar-refractivity contribution is 9.09. The van der Waals surface area contributed by atoms with E-state index in [-0.39, 0.29) is 10.6 Å². The van der Waals surface area contributed by atoms with Gasteiger partial charge in [0.2, 0.25) is 0 Å². The van der Waals surface area contributed by atoms with Crippen molar-refractivity contribution in [1.29, 1.82) is 0 Å². The van der Waals surface area contributed by atoms with Gasteiger partial charge in [-0.2, -0.15) is 0 Å². The Morgan fingerprint density at radius 1 is 1.06 bits per heavy atom. The predicted molar refractivity (Wildman–Crippen MR) is 78.1 cm³/mol. The molecule has 2 aromatic carbocycles. The van der Waals surface area contributed by atoms with Gasteiger partial charge in [0, 0.05) is 10.6 Å². The van der Waals surface area contributed by atoms with Crippen LogP contribution in [0.4, 0.5) is 4.39 Å². The summed E-state index contributed by atoms with van der Waals surface area (Å²) in [5, 5.41) is 0.413. The van der Waals surface area contributed by atoms with Crippen molar-refractivity contribution in [3.63, 3.8) is 0 Å². The maximum Gasteiger partial charge on any atom is 0.129 e. The van der Waals surface area contributed by atoms with Gasteiger partial charge in [-0.3, -0.25) is 0 Å². The van der Waals surface area contributed by atoms with Crippen molar-refractivity contribution >= 4 is 27.5 Å². The quantitative estimate of drug-likeness (QED) is 0.632. The van der Waals surface area contributed by atoms with Crippen molar-refractivity contribution in [3.05, 3.63) is 69.5 Å². The summed E-state index contributed by atoms with van der Waals surface area (Å²) in [4.78, 5) is -0.158. The average Bonchev–Trinajstić information content (AvgIpc) is 2.32. The van der Waals surface area contributed by atoms with Crippen LogP contribution in [-0.4, -0.2) is 0 Å². The largest absolute Gasteiger partial charge is 0.207 e. The van der Waals surface area contributed by atoms with Crippen LogP contribution in [-0.2, 0) is 0 Å². The summed E-state index contributed by atoms with van der Waals surface area (Å²) in [5.74, 6) is -0.289. The molecule has 0 nitrogen and oxygen atoms in total. The molecule has 0 bridgehead atoms. The van der Waals surface area contributed by atoms with Crippen LogP contribution in [0.25, 0.3) is 0 Å². The number of alkyl halides is 1. The second-order valence-corrected chi connectivity index (χ2v) is 5.72. The molecule has 0 saturated carbocycles. The third-order valence-corrected chi connectivity index (χ3v) is 4.32. The lowest BCUT2D eigenvalue weighted by atomic mass is 10.00. The molecule has 0 fully saturated rings. The van der Waals surface area contributed by atoms with Crippen LogP contribution < -0.4 is 0 Å². The summed E-state index contributed by atoms with van der Waals surface area (Å²) >= 11 is 9.30. The molecular weight excluding hydrogens is 315 g/mol. The Bertz CT molecular complexity index is 581. The molecule has 0 aliphatic heterocycles. The minimum atomic E-state index is -0.289. The van der Waals surface area contributed by atoms with Crippen LogP contribution in [0.5, 0.6) is 0 Å². The van der Waals surface area contributed by atoms with E-state index >= 15 is 0 Å². The van der Waals surface area contributed by atoms with Crippen LogP contribution in [0.2, 0.25) is 5.02 Å². The highest BCUT2D eigenvalue weighted by Gasteiger charge is 2.15. The van der Waals surface area contributed by atoms with Gasteiger partial charge in [0.1, 0.15) is 5.82 Å². The van der Waals surface area contributed by atoms with Crippen molar-refractivity contribution in [2.24, 2.45) is 0 Å². The standard InChI is InChI=1S/C15H13BrClF/c1-9-3-4-11(7-10(9)2)15(16)13-6-5-12(17)8-14(13)18/h3-8,15H,1-2H3. The van der Waals surface area contributed by atoms with Gasteiger partial charge in [0.25, 0.3) is 0 Å². The minimum absolute atomic E-state index is 0.158. The fourth-order valence-electron chi connectivity index (χ4n) is 1.81. The second-order valence-electron chi connectivity index (χ2n) is 4.37. The SMILES string of the molecule is Cc1ccc(C(Br)c2ccc(Cl)cc2F)cc1C. The fraction of sp³-hybridized carbons (Fsp3) is 0.200. The van der Waals surface area contributed by atoms with Crippen LogP contribution >= 0.6 is 27.5 Å². The molecule has 0 spiro atoms. The molecule has 0 aromatic heterocycles. The van der Waals surface area contributed by atoms with E-state index in [4.69, 9.17) is 11.6 Å². The Labute approximate surface area is 120 Å². The zero-order valence-electron chi connectivity index (χ0n) is 10.2. The van der Waals surface area contributed by atoms with E-state index in [0.29, 0.717) is 10.6 Å². The monoisotopic (exact) mass is 326 g/mol. The Balaban J connectivity index is 2.41. The lowest BCUT2D eigenvalue weighted by molar-refractivity contribution is 0.613. The van der Waals surface area contributed by atoms with Crippen molar-refractivity contribution in [1.82, 2.24) is 0 Å². The fourth-order valence-corrected chi connectivity index (χ4v) is 2.62. The van der Waals surface area contributed by atoms with Crippen molar-refractivity contribution in [2.75, 3.05) is 0 Å². The van der Waals surface area contributed by atoms with Gasteiger partial charge < -0.3 is 0 Å². The first-order valence-electron chi connectivity index (χ1n) is 5.65. The van der Waals surface area contributed by atoms with E-state index in [0.717, 1.165) is 5.56 Å². The van der Waals surface area contributed by atoms with E-state index in [2.05, 4.69) is 35.8 Å². The topological polar surface area (TPSA) is 0 Å². The highest BCUT2D eigenvalue weighted by atomic mass is 79.9. The Hall–Kier alpha value is -0.860. The maximum absolute atomic E-state index is 13.9. The van der Waals surface area contributed by atoms with Crippen LogP contribution in [0, 0.1) is 19.7 Å². The summed E-state index contributed by atoms with van der Waals surface area (Å²) in [6, 6.07) is 10.9. The molecule has 18 heavy (non-hydrogen) atoms. The third kappa shape index (κ3) is 2.76. The molecule has 1 unspecified atom stereocenters. The number of halogens is 3. The van der Waals surface area contributed by atoms with E-state index < -0.39 is 0 Å². The Morgan fingerprint density at radius 2 is 1.78 bits per heavy atom. The average molecular weight is 328 g/mol. The van der Waals surface area contributed by atoms with E-state index in [9.17, 15) is 4.39 Å². The smallest absolute Gasteiger partial charge is 0.129 e. The molecule has 0 N–H and O–H groups in total. The van der Waals surface area contributed by atoms with Gasteiger partial charge >= 0.3 is 0 Å². The molecule has 0 radical (unpaired) electrons. The first-order chi connectivity index (χ1) is 8.49. The number of hydrogen-bond donors (Lipinski definition) is 0. The molecule has 2 rings (SSSR count). The van der Waals surface area contributed by atoms with Gasteiger partial charge in [-0.05, 0) is 42.7 Å². The molecule has 0 aliphatic carbocycles. The van der Waals surface area contributed by atoms with Crippen molar-refractivity contribution in [3.8, 4) is 0 Å². The van der Waals surface area contributed by atoms with Gasteiger partial charge in [-0.15, -0.1) is 0 Å². The molecule has 0 amide bonds. The van der Waals surface area contributed by atoms with E-state index in [1.165, 1.54) is 17.2 Å². The first kappa shape index (κ1) is 13.6. The lowest BCUT2D eigenvalue weighted by Crippen LogP contribution is -1.97. The Morgan fingerprint density at radius 3 is 2.39 bits per heavy atom. The molecular formula is C15H13BrClF. The summed E-state index contributed by atoms with van der Waals surface area (Å²) in [6.07, 6.45) is 0. The predicted octanol–water partition coefficient (Wildman–Crippen LogP) is 5.58. The minimum Gasteiger partial charge on any atom is -0.207 e. The zero-order valence-corrected chi connectivity index (χ0v) is 12.5. The Kier molecular flexibility index (Phi) is 4.08. The van der Waals surface area contributed by atoms with E-state index in [1.54, 1.807) is 12.1 Å². The van der Waals surface area contributed by atoms with Gasteiger partial charge in [-0.1, -0.05) is 51.8 Å². The number of rotatable bonds is 2. The molecule has 2 aromatic rings. The summed E-state index contributed by atoms with van der Waals surface area (Å²) in [7, 11) is 0. The van der Waals surface area contributed by atoms with Crippen LogP contribution in [0.3, 0.4) is 0 Å². The molecule has 3 heteroatoms. The second kappa shape index (κ2) is 5.41. The molecule has 0 aliphatic rings. The first-order valence-corrected chi connectivity index (χ1v) is 6.94. The van der Waals surface area contributed by atoms with Crippen LogP contribution in [0.15, 0.2) is 36.4 Å². The molecule has 94 valence electrons. The maximum atomic E-state index is 13.9. The van der Waals surface area contributed by atoms with Crippen LogP contribution in [0.1, 0.15) is 27.1 Å². The summed E-state index contributed by atoms with van der Waals surface area (Å²) in [6.45, 7) is 4.11. The van der Waals surface area contributed by atoms with Gasteiger partial charge in [0.15, 0.2) is 0 Å².